The van der Waals surface area contributed by atoms with Crippen molar-refractivity contribution >= 4 is 11.8 Å². The van der Waals surface area contributed by atoms with Crippen LogP contribution in [0.2, 0.25) is 0 Å². The summed E-state index contributed by atoms with van der Waals surface area (Å²) in [7, 11) is 0. The van der Waals surface area contributed by atoms with Crippen LogP contribution in [0.5, 0.6) is 0 Å². The third-order valence-corrected chi connectivity index (χ3v) is 3.61. The topological polar surface area (TPSA) is 87.2 Å². The van der Waals surface area contributed by atoms with Gasteiger partial charge in [-0.05, 0) is 5.56 Å². The van der Waals surface area contributed by atoms with Crippen molar-refractivity contribution in [3.63, 3.8) is 0 Å². The van der Waals surface area contributed by atoms with E-state index in [0.29, 0.717) is 5.56 Å². The zero-order valence-electron chi connectivity index (χ0n) is 11.6. The van der Waals surface area contributed by atoms with E-state index in [9.17, 15) is 14.9 Å². The van der Waals surface area contributed by atoms with Crippen LogP contribution >= 0.6 is 0 Å². The monoisotopic (exact) mass is 271 g/mol. The molecule has 2 rings (SSSR count). The molecule has 5 nitrogen and oxygen atoms in total. The molecule has 1 aromatic rings. The van der Waals surface area contributed by atoms with Crippen molar-refractivity contribution in [2.45, 2.75) is 25.8 Å². The number of benzene rings is 1. The summed E-state index contributed by atoms with van der Waals surface area (Å²) in [5.41, 5.74) is 4.59. The van der Waals surface area contributed by atoms with Crippen LogP contribution in [0.3, 0.4) is 0 Å². The molecule has 5 heteroatoms. The van der Waals surface area contributed by atoms with Crippen LogP contribution in [0, 0.1) is 16.7 Å². The molecular formula is C15H17N3O2. The summed E-state index contributed by atoms with van der Waals surface area (Å²) >= 11 is 0. The minimum absolute atomic E-state index is 0.116. The van der Waals surface area contributed by atoms with E-state index in [0.717, 1.165) is 4.90 Å². The number of carbonyl (C=O) groups is 2. The highest BCUT2D eigenvalue weighted by Gasteiger charge is 2.47. The minimum Gasteiger partial charge on any atom is -0.308 e. The average molecular weight is 271 g/mol. The number of hydrogen-bond acceptors (Lipinski definition) is 4. The summed E-state index contributed by atoms with van der Waals surface area (Å²) in [6.45, 7) is 3.33. The van der Waals surface area contributed by atoms with Crippen molar-refractivity contribution in [3.05, 3.63) is 35.9 Å². The van der Waals surface area contributed by atoms with Crippen molar-refractivity contribution < 1.29 is 9.59 Å². The number of hydrogen-bond donors (Lipinski definition) is 1. The molecule has 1 atom stereocenters. The zero-order chi connectivity index (χ0) is 15.0. The lowest BCUT2D eigenvalue weighted by Crippen LogP contribution is -2.49. The molecule has 1 heterocycles. The molecule has 104 valence electrons. The Morgan fingerprint density at radius 3 is 2.40 bits per heavy atom. The van der Waals surface area contributed by atoms with Crippen LogP contribution in [0.25, 0.3) is 0 Å². The summed E-state index contributed by atoms with van der Waals surface area (Å²) in [5.74, 6) is -0.551. The summed E-state index contributed by atoms with van der Waals surface area (Å²) in [4.78, 5) is 25.3. The van der Waals surface area contributed by atoms with E-state index < -0.39 is 11.0 Å². The van der Waals surface area contributed by atoms with Crippen LogP contribution in [-0.4, -0.2) is 23.3 Å². The van der Waals surface area contributed by atoms with Gasteiger partial charge in [0.25, 0.3) is 0 Å². The van der Waals surface area contributed by atoms with E-state index in [2.05, 4.69) is 0 Å². The molecule has 1 fully saturated rings. The van der Waals surface area contributed by atoms with Gasteiger partial charge in [0.05, 0.1) is 18.0 Å². The van der Waals surface area contributed by atoms with Gasteiger partial charge in [-0.3, -0.25) is 14.5 Å². The van der Waals surface area contributed by atoms with E-state index >= 15 is 0 Å². The Bertz CT molecular complexity index is 589. The van der Waals surface area contributed by atoms with Crippen molar-refractivity contribution in [2.75, 3.05) is 6.54 Å². The predicted octanol–water partition coefficient (Wildman–Crippen LogP) is 1.15. The summed E-state index contributed by atoms with van der Waals surface area (Å²) in [6.07, 6.45) is 0.155. The molecule has 1 aliphatic heterocycles. The molecule has 1 aromatic carbocycles. The van der Waals surface area contributed by atoms with Crippen molar-refractivity contribution in [2.24, 2.45) is 11.1 Å². The molecule has 1 aliphatic rings. The molecule has 2 amide bonds. The lowest BCUT2D eigenvalue weighted by Gasteiger charge is -2.27. The smallest absolute Gasteiger partial charge is 0.235 e. The molecule has 2 N–H and O–H groups in total. The molecule has 0 saturated carbocycles. The quantitative estimate of drug-likeness (QED) is 0.835. The van der Waals surface area contributed by atoms with Gasteiger partial charge < -0.3 is 5.73 Å². The van der Waals surface area contributed by atoms with Gasteiger partial charge in [0.15, 0.2) is 0 Å². The number of amides is 2. The maximum Gasteiger partial charge on any atom is 0.235 e. The highest BCUT2D eigenvalue weighted by Crippen LogP contribution is 2.33. The first-order chi connectivity index (χ1) is 9.30. The van der Waals surface area contributed by atoms with Gasteiger partial charge in [-0.25, -0.2) is 0 Å². The predicted molar refractivity (Wildman–Crippen MR) is 73.0 cm³/mol. The Balaban J connectivity index is 2.31. The number of carbonyl (C=O) groups excluding carboxylic acids is 2. The first-order valence-electron chi connectivity index (χ1n) is 6.41. The molecule has 0 aliphatic carbocycles. The highest BCUT2D eigenvalue weighted by molar-refractivity contribution is 6.05. The first-order valence-corrected chi connectivity index (χ1v) is 6.41. The number of likely N-dealkylation sites (tertiary alicyclic amines) is 1. The van der Waals surface area contributed by atoms with E-state index in [1.165, 1.54) is 0 Å². The average Bonchev–Trinajstić information content (AvgIpc) is 2.62. The Labute approximate surface area is 118 Å². The second-order valence-corrected chi connectivity index (χ2v) is 5.79. The van der Waals surface area contributed by atoms with E-state index in [1.807, 2.05) is 12.1 Å². The maximum atomic E-state index is 12.2. The molecule has 1 saturated heterocycles. The molecule has 0 aromatic heterocycles. The Kier molecular flexibility index (Phi) is 3.36. The van der Waals surface area contributed by atoms with Crippen LogP contribution in [0.1, 0.15) is 25.8 Å². The third kappa shape index (κ3) is 2.30. The van der Waals surface area contributed by atoms with E-state index in [-0.39, 0.29) is 24.8 Å². The largest absolute Gasteiger partial charge is 0.308 e. The first kappa shape index (κ1) is 14.2. The molecule has 0 bridgehead atoms. The number of nitrogens with two attached hydrogens (primary N) is 1. The van der Waals surface area contributed by atoms with Gasteiger partial charge in [-0.15, -0.1) is 0 Å². The standard InChI is InChI=1S/C15H17N3O2/c1-14(2)8-12(19)18(13(14)20)10-15(17,9-16)11-6-4-3-5-7-11/h3-7H,8,10,17H2,1-2H3. The van der Waals surface area contributed by atoms with Gasteiger partial charge in [0.2, 0.25) is 11.8 Å². The van der Waals surface area contributed by atoms with Crippen molar-refractivity contribution in [1.29, 1.82) is 5.26 Å². The number of rotatable bonds is 3. The fraction of sp³-hybridized carbons (Fsp3) is 0.400. The van der Waals surface area contributed by atoms with Gasteiger partial charge in [-0.1, -0.05) is 44.2 Å². The number of imide groups is 1. The summed E-state index contributed by atoms with van der Waals surface area (Å²) in [5, 5.41) is 9.38. The molecular weight excluding hydrogens is 254 g/mol. The van der Waals surface area contributed by atoms with Gasteiger partial charge >= 0.3 is 0 Å². The second-order valence-electron chi connectivity index (χ2n) is 5.79. The third-order valence-electron chi connectivity index (χ3n) is 3.61. The molecule has 20 heavy (non-hydrogen) atoms. The summed E-state index contributed by atoms with van der Waals surface area (Å²) in [6, 6.07) is 10.8. The van der Waals surface area contributed by atoms with Crippen LogP contribution in [0.4, 0.5) is 0 Å². The van der Waals surface area contributed by atoms with E-state index in [4.69, 9.17) is 5.73 Å². The van der Waals surface area contributed by atoms with Crippen LogP contribution in [-0.2, 0) is 15.1 Å². The Hall–Kier alpha value is -2.19. The SMILES string of the molecule is CC1(C)CC(=O)N(CC(N)(C#N)c2ccccc2)C1=O. The second kappa shape index (κ2) is 4.73. The lowest BCUT2D eigenvalue weighted by atomic mass is 9.90. The number of nitrogens with zero attached hydrogens (tertiary/aromatic N) is 2. The van der Waals surface area contributed by atoms with Gasteiger partial charge in [0.1, 0.15) is 5.54 Å². The Morgan fingerprint density at radius 2 is 1.95 bits per heavy atom. The van der Waals surface area contributed by atoms with Crippen molar-refractivity contribution in [1.82, 2.24) is 4.90 Å². The highest BCUT2D eigenvalue weighted by atomic mass is 16.2. The van der Waals surface area contributed by atoms with Gasteiger partial charge in [-0.2, -0.15) is 5.26 Å². The fourth-order valence-corrected chi connectivity index (χ4v) is 2.36. The minimum atomic E-state index is -1.38. The fourth-order valence-electron chi connectivity index (χ4n) is 2.36. The molecule has 0 radical (unpaired) electrons. The van der Waals surface area contributed by atoms with Crippen LogP contribution < -0.4 is 5.73 Å². The van der Waals surface area contributed by atoms with Crippen molar-refractivity contribution in [3.8, 4) is 6.07 Å². The normalized spacial score (nSPS) is 20.6. The van der Waals surface area contributed by atoms with E-state index in [1.54, 1.807) is 38.1 Å². The summed E-state index contributed by atoms with van der Waals surface area (Å²) < 4.78 is 0. The number of nitriles is 1. The molecule has 1 unspecified atom stereocenters. The Morgan fingerprint density at radius 1 is 1.35 bits per heavy atom. The zero-order valence-corrected chi connectivity index (χ0v) is 11.6. The van der Waals surface area contributed by atoms with Crippen LogP contribution in [0.15, 0.2) is 30.3 Å². The van der Waals surface area contributed by atoms with Gasteiger partial charge in [0, 0.05) is 6.42 Å². The molecule has 0 spiro atoms. The maximum absolute atomic E-state index is 12.2. The lowest BCUT2D eigenvalue weighted by molar-refractivity contribution is -0.141.